The molecule has 0 spiro atoms. The van der Waals surface area contributed by atoms with Crippen LogP contribution < -0.4 is 11.1 Å². The molecule has 0 radical (unpaired) electrons. The number of thiophene rings is 1. The van der Waals surface area contributed by atoms with Gasteiger partial charge in [0.2, 0.25) is 0 Å². The molecule has 0 aliphatic heterocycles. The summed E-state index contributed by atoms with van der Waals surface area (Å²) in [5.74, 6) is -0.142. The van der Waals surface area contributed by atoms with E-state index in [1.165, 1.54) is 11.3 Å². The number of fused-ring (bicyclic) bond motifs is 1. The molecule has 1 aromatic heterocycles. The number of nitrogens with one attached hydrogen (secondary N) is 1. The summed E-state index contributed by atoms with van der Waals surface area (Å²) in [5.41, 5.74) is 7.54. The summed E-state index contributed by atoms with van der Waals surface area (Å²) >= 11 is 1.42. The van der Waals surface area contributed by atoms with Crippen LogP contribution >= 0.6 is 11.3 Å². The van der Waals surface area contributed by atoms with Crippen LogP contribution in [0.25, 0.3) is 10.1 Å². The number of hydrogen-bond acceptors (Lipinski definition) is 4. The molecule has 3 rings (SSSR count). The first-order chi connectivity index (χ1) is 9.80. The minimum atomic E-state index is -0.356. The molecule has 1 heterocycles. The first-order valence-electron chi connectivity index (χ1n) is 7.08. The Hall–Kier alpha value is -1.59. The number of anilines is 1. The van der Waals surface area contributed by atoms with Gasteiger partial charge in [-0.2, -0.15) is 0 Å². The van der Waals surface area contributed by atoms with E-state index in [1.54, 1.807) is 0 Å². The standard InChI is InChI=1S/C16H20N2O2S/c1-8-4-5-10-9(6-8)13(17)14(21-10)15(20)18-11-7-12(19)16(11,2)3/h4-6,11-12,19H,7,17H2,1-3H3,(H,18,20). The predicted octanol–water partition coefficient (Wildman–Crippen LogP) is 2.68. The average molecular weight is 304 g/mol. The molecule has 5 heteroatoms. The Morgan fingerprint density at radius 2 is 2.19 bits per heavy atom. The lowest BCUT2D eigenvalue weighted by Gasteiger charge is -2.49. The van der Waals surface area contributed by atoms with Gasteiger partial charge in [0.15, 0.2) is 0 Å². The van der Waals surface area contributed by atoms with Crippen LogP contribution in [0.4, 0.5) is 5.69 Å². The molecule has 1 saturated carbocycles. The van der Waals surface area contributed by atoms with Crippen LogP contribution in [0.3, 0.4) is 0 Å². The van der Waals surface area contributed by atoms with Crippen LogP contribution in [0.5, 0.6) is 0 Å². The van der Waals surface area contributed by atoms with Gasteiger partial charge in [-0.25, -0.2) is 0 Å². The predicted molar refractivity (Wildman–Crippen MR) is 86.6 cm³/mol. The summed E-state index contributed by atoms with van der Waals surface area (Å²) in [6.07, 6.45) is 0.244. The van der Waals surface area contributed by atoms with Gasteiger partial charge >= 0.3 is 0 Å². The Labute approximate surface area is 128 Å². The van der Waals surface area contributed by atoms with E-state index < -0.39 is 0 Å². The maximum atomic E-state index is 12.5. The Morgan fingerprint density at radius 1 is 1.48 bits per heavy atom. The highest BCUT2D eigenvalue weighted by Crippen LogP contribution is 2.41. The number of aliphatic hydroxyl groups excluding tert-OH is 1. The summed E-state index contributed by atoms with van der Waals surface area (Å²) in [4.78, 5) is 13.0. The number of nitrogens with two attached hydrogens (primary N) is 1. The van der Waals surface area contributed by atoms with Crippen molar-refractivity contribution >= 4 is 33.0 Å². The van der Waals surface area contributed by atoms with Crippen LogP contribution in [0, 0.1) is 12.3 Å². The molecule has 2 aromatic rings. The quantitative estimate of drug-likeness (QED) is 0.798. The summed E-state index contributed by atoms with van der Waals surface area (Å²) in [5, 5.41) is 13.7. The number of nitrogen functional groups attached to an aromatic ring is 1. The molecule has 0 saturated heterocycles. The number of rotatable bonds is 2. The second-order valence-electron chi connectivity index (χ2n) is 6.44. The number of aryl methyl sites for hydroxylation is 1. The second-order valence-corrected chi connectivity index (χ2v) is 7.50. The third-order valence-corrected chi connectivity index (χ3v) is 5.79. The zero-order chi connectivity index (χ0) is 15.4. The van der Waals surface area contributed by atoms with Crippen molar-refractivity contribution in [1.82, 2.24) is 5.32 Å². The van der Waals surface area contributed by atoms with Gasteiger partial charge in [-0.1, -0.05) is 25.5 Å². The Balaban J connectivity index is 1.87. The molecular formula is C16H20N2O2S. The first kappa shape index (κ1) is 14.4. The highest BCUT2D eigenvalue weighted by molar-refractivity contribution is 7.21. The lowest BCUT2D eigenvalue weighted by molar-refractivity contribution is -0.0689. The monoisotopic (exact) mass is 304 g/mol. The van der Waals surface area contributed by atoms with Crippen LogP contribution in [-0.4, -0.2) is 23.2 Å². The molecule has 1 amide bonds. The van der Waals surface area contributed by atoms with Gasteiger partial charge in [0.25, 0.3) is 5.91 Å². The summed E-state index contributed by atoms with van der Waals surface area (Å²) in [6.45, 7) is 5.93. The number of carbonyl (C=O) groups is 1. The van der Waals surface area contributed by atoms with Crippen molar-refractivity contribution in [3.8, 4) is 0 Å². The third kappa shape index (κ3) is 2.21. The van der Waals surface area contributed by atoms with Gasteiger partial charge in [0.05, 0.1) is 11.8 Å². The molecule has 1 fully saturated rings. The first-order valence-corrected chi connectivity index (χ1v) is 7.90. The van der Waals surface area contributed by atoms with Crippen LogP contribution in [0.15, 0.2) is 18.2 Å². The summed E-state index contributed by atoms with van der Waals surface area (Å²) in [6, 6.07) is 6.02. The minimum absolute atomic E-state index is 0.00801. The lowest BCUT2D eigenvalue weighted by atomic mass is 9.64. The van der Waals surface area contributed by atoms with Crippen molar-refractivity contribution in [2.75, 3.05) is 5.73 Å². The van der Waals surface area contributed by atoms with Crippen LogP contribution in [-0.2, 0) is 0 Å². The number of hydrogen-bond donors (Lipinski definition) is 3. The number of aliphatic hydroxyl groups is 1. The molecule has 1 aliphatic rings. The van der Waals surface area contributed by atoms with E-state index in [2.05, 4.69) is 5.32 Å². The van der Waals surface area contributed by atoms with Gasteiger partial charge in [0.1, 0.15) is 4.88 Å². The van der Waals surface area contributed by atoms with E-state index in [0.717, 1.165) is 15.6 Å². The lowest BCUT2D eigenvalue weighted by Crippen LogP contribution is -2.61. The van der Waals surface area contributed by atoms with Gasteiger partial charge in [-0.3, -0.25) is 4.79 Å². The van der Waals surface area contributed by atoms with E-state index in [-0.39, 0.29) is 23.5 Å². The normalized spacial score (nSPS) is 23.8. The van der Waals surface area contributed by atoms with Crippen molar-refractivity contribution in [2.24, 2.45) is 5.41 Å². The molecule has 2 unspecified atom stereocenters. The molecule has 1 aromatic carbocycles. The molecular weight excluding hydrogens is 284 g/mol. The van der Waals surface area contributed by atoms with E-state index in [1.807, 2.05) is 39.0 Å². The van der Waals surface area contributed by atoms with E-state index >= 15 is 0 Å². The van der Waals surface area contributed by atoms with Gasteiger partial charge in [-0.15, -0.1) is 11.3 Å². The number of amides is 1. The zero-order valence-corrected chi connectivity index (χ0v) is 13.3. The van der Waals surface area contributed by atoms with Crippen molar-refractivity contribution in [3.05, 3.63) is 28.6 Å². The van der Waals surface area contributed by atoms with Gasteiger partial charge in [0, 0.05) is 21.5 Å². The van der Waals surface area contributed by atoms with Crippen molar-refractivity contribution < 1.29 is 9.90 Å². The fourth-order valence-electron chi connectivity index (χ4n) is 2.77. The molecule has 4 nitrogen and oxygen atoms in total. The number of carbonyl (C=O) groups excluding carboxylic acids is 1. The Kier molecular flexibility index (Phi) is 3.22. The Morgan fingerprint density at radius 3 is 2.81 bits per heavy atom. The fraction of sp³-hybridized carbons (Fsp3) is 0.438. The van der Waals surface area contributed by atoms with Crippen molar-refractivity contribution in [3.63, 3.8) is 0 Å². The Bertz CT molecular complexity index is 720. The summed E-state index contributed by atoms with van der Waals surface area (Å²) < 4.78 is 1.02. The minimum Gasteiger partial charge on any atom is -0.397 e. The highest BCUT2D eigenvalue weighted by atomic mass is 32.1. The van der Waals surface area contributed by atoms with Crippen LogP contribution in [0.1, 0.15) is 35.5 Å². The maximum absolute atomic E-state index is 12.5. The molecule has 112 valence electrons. The van der Waals surface area contributed by atoms with E-state index in [0.29, 0.717) is 17.0 Å². The number of benzene rings is 1. The SMILES string of the molecule is Cc1ccc2sc(C(=O)NC3CC(O)C3(C)C)c(N)c2c1. The maximum Gasteiger partial charge on any atom is 0.263 e. The largest absolute Gasteiger partial charge is 0.397 e. The topological polar surface area (TPSA) is 75.3 Å². The fourth-order valence-corrected chi connectivity index (χ4v) is 3.78. The van der Waals surface area contributed by atoms with Crippen LogP contribution in [0.2, 0.25) is 0 Å². The zero-order valence-electron chi connectivity index (χ0n) is 12.4. The van der Waals surface area contributed by atoms with Crippen molar-refractivity contribution in [1.29, 1.82) is 0 Å². The molecule has 0 bridgehead atoms. The third-order valence-electron chi connectivity index (χ3n) is 4.61. The molecule has 4 N–H and O–H groups in total. The van der Waals surface area contributed by atoms with Crippen molar-refractivity contribution in [2.45, 2.75) is 39.3 Å². The van der Waals surface area contributed by atoms with E-state index in [9.17, 15) is 9.90 Å². The smallest absolute Gasteiger partial charge is 0.263 e. The molecule has 2 atom stereocenters. The summed E-state index contributed by atoms with van der Waals surface area (Å²) in [7, 11) is 0. The second kappa shape index (κ2) is 4.71. The molecule has 1 aliphatic carbocycles. The highest BCUT2D eigenvalue weighted by Gasteiger charge is 2.48. The molecule has 21 heavy (non-hydrogen) atoms. The van der Waals surface area contributed by atoms with Gasteiger partial charge < -0.3 is 16.2 Å². The average Bonchev–Trinajstić information content (AvgIpc) is 2.75. The van der Waals surface area contributed by atoms with Gasteiger partial charge in [-0.05, 0) is 25.5 Å². The van der Waals surface area contributed by atoms with E-state index in [4.69, 9.17) is 5.73 Å².